The van der Waals surface area contributed by atoms with Gasteiger partial charge in [-0.25, -0.2) is 14.8 Å². The van der Waals surface area contributed by atoms with Crippen LogP contribution < -0.4 is 11.4 Å². The number of aromatic nitrogens is 7. The van der Waals surface area contributed by atoms with E-state index in [2.05, 4.69) is 140 Å². The van der Waals surface area contributed by atoms with Crippen LogP contribution in [0.25, 0.3) is 54.5 Å². The minimum absolute atomic E-state index is 0.167. The summed E-state index contributed by atoms with van der Waals surface area (Å²) in [6, 6.07) is 51.0. The first-order valence-corrected chi connectivity index (χ1v) is 25.8. The SMILES string of the molecule is Clc1nc(Cl)c2ccc3c(ccn3Cc3ccccc3)c2n1.Nc1cccc2c1ccn2Cc1ccccc1.O=P(Cl)(Cl)Cl.O=c1nc2c(ccc3c2ccn3Cc2ccccc2)c(Cl)[nH]1. The molecule has 0 bridgehead atoms. The Labute approximate surface area is 407 Å². The molecule has 10 nitrogen and oxygen atoms in total. The number of nitrogens with zero attached hydrogens (tertiary/aromatic N) is 6. The summed E-state index contributed by atoms with van der Waals surface area (Å²) in [4.78, 5) is 26.5. The number of anilines is 1. The van der Waals surface area contributed by atoms with E-state index in [9.17, 15) is 9.36 Å². The molecule has 0 saturated carbocycles. The van der Waals surface area contributed by atoms with Crippen LogP contribution in [0.3, 0.4) is 0 Å². The normalized spacial score (nSPS) is 11.2. The number of hydrogen-bond acceptors (Lipinski definition) is 6. The number of nitrogens with one attached hydrogen (secondary N) is 1. The number of hydrogen-bond donors (Lipinski definition) is 2. The van der Waals surface area contributed by atoms with Crippen molar-refractivity contribution in [3.8, 4) is 0 Å². The van der Waals surface area contributed by atoms with E-state index in [4.69, 9.17) is 40.5 Å². The molecule has 0 fully saturated rings. The molecule has 0 unspecified atom stereocenters. The predicted molar refractivity (Wildman–Crippen MR) is 276 cm³/mol. The summed E-state index contributed by atoms with van der Waals surface area (Å²) in [6.45, 7) is 2.46. The topological polar surface area (TPSA) is 129 Å². The van der Waals surface area contributed by atoms with Gasteiger partial charge in [-0.05, 0) is 117 Å². The number of fused-ring (bicyclic) bond motifs is 7. The Balaban J connectivity index is 0.000000129. The summed E-state index contributed by atoms with van der Waals surface area (Å²) < 4.78 is 16.1. The molecule has 0 atom stereocenters. The zero-order chi connectivity index (χ0) is 46.4. The van der Waals surface area contributed by atoms with Crippen LogP contribution in [0.2, 0.25) is 15.6 Å². The lowest BCUT2D eigenvalue weighted by Gasteiger charge is -2.07. The number of H-pyrrole nitrogens is 1. The summed E-state index contributed by atoms with van der Waals surface area (Å²) in [5.41, 5.74) is 14.9. The molecule has 0 aliphatic rings. The molecule has 0 spiro atoms. The molecular formula is C49H37Cl6N8O2P. The molecule has 6 aromatic carbocycles. The maximum atomic E-state index is 11.6. The van der Waals surface area contributed by atoms with E-state index in [1.807, 2.05) is 97.2 Å². The second kappa shape index (κ2) is 20.8. The Morgan fingerprint density at radius 3 is 1.39 bits per heavy atom. The highest BCUT2D eigenvalue weighted by Crippen LogP contribution is 2.61. The van der Waals surface area contributed by atoms with E-state index in [1.165, 1.54) is 22.2 Å². The third kappa shape index (κ3) is 11.4. The van der Waals surface area contributed by atoms with Gasteiger partial charge in [-0.15, -0.1) is 0 Å². The molecule has 0 radical (unpaired) electrons. The van der Waals surface area contributed by atoms with Crippen molar-refractivity contribution in [3.05, 3.63) is 213 Å². The van der Waals surface area contributed by atoms with Crippen LogP contribution in [0, 0.1) is 0 Å². The van der Waals surface area contributed by atoms with Crippen molar-refractivity contribution in [2.75, 3.05) is 5.73 Å². The minimum atomic E-state index is -3.22. The lowest BCUT2D eigenvalue weighted by Crippen LogP contribution is -2.10. The average Bonchev–Trinajstić information content (AvgIpc) is 4.03. The zero-order valence-corrected chi connectivity index (χ0v) is 40.0. The fraction of sp³-hybridized carbons (Fsp3) is 0.0612. The number of rotatable bonds is 6. The molecule has 17 heteroatoms. The number of nitrogen functional groups attached to an aromatic ring is 1. The van der Waals surface area contributed by atoms with Gasteiger partial charge in [0.2, 0.25) is 5.28 Å². The van der Waals surface area contributed by atoms with Crippen LogP contribution >= 0.6 is 73.7 Å². The van der Waals surface area contributed by atoms with Crippen molar-refractivity contribution in [2.24, 2.45) is 0 Å². The van der Waals surface area contributed by atoms with E-state index < -0.39 is 10.9 Å². The second-order valence-corrected chi connectivity index (χ2v) is 22.6. The van der Waals surface area contributed by atoms with Crippen molar-refractivity contribution >= 4 is 134 Å². The van der Waals surface area contributed by atoms with Crippen LogP contribution in [0.5, 0.6) is 0 Å². The van der Waals surface area contributed by atoms with E-state index in [1.54, 1.807) is 0 Å². The highest BCUT2D eigenvalue weighted by molar-refractivity contribution is 8.24. The van der Waals surface area contributed by atoms with Crippen LogP contribution in [-0.4, -0.2) is 33.6 Å². The van der Waals surface area contributed by atoms with Crippen molar-refractivity contribution in [3.63, 3.8) is 0 Å². The Bertz CT molecular complexity index is 3550. The van der Waals surface area contributed by atoms with Crippen molar-refractivity contribution in [2.45, 2.75) is 19.6 Å². The number of nitrogens with two attached hydrogens (primary N) is 1. The smallest absolute Gasteiger partial charge is 0.346 e. The van der Waals surface area contributed by atoms with Crippen molar-refractivity contribution in [1.29, 1.82) is 0 Å². The van der Waals surface area contributed by atoms with E-state index in [0.717, 1.165) is 68.8 Å². The van der Waals surface area contributed by atoms with Gasteiger partial charge >= 0.3 is 10.9 Å². The maximum Gasteiger partial charge on any atom is 0.346 e. The Morgan fingerprint density at radius 2 is 0.909 bits per heavy atom. The van der Waals surface area contributed by atoms with Gasteiger partial charge < -0.3 is 19.4 Å². The van der Waals surface area contributed by atoms with E-state index in [-0.39, 0.29) is 5.28 Å². The highest BCUT2D eigenvalue weighted by atomic mass is 36.0. The molecule has 0 amide bonds. The highest BCUT2D eigenvalue weighted by Gasteiger charge is 2.13. The standard InChI is InChI=1S/C17H11Cl2N3.C17H12ClN3O.C15H14N2.Cl3OP/c18-16-13-6-7-14-12(15(13)20-17(19)21-16)8-9-22(14)10-11-4-2-1-3-5-11;18-16-13-6-7-14-12(15(13)19-17(22)20-16)8-9-21(14)10-11-4-2-1-3-5-11;16-14-7-4-8-15-13(14)9-10-17(15)11-12-5-2-1-3-6-12;1-5(2,3)4/h1-9H,10H2;1-9H,10H2,(H,19,20,22);1-10H,11,16H2;. The van der Waals surface area contributed by atoms with Gasteiger partial charge in [0.05, 0.1) is 27.6 Å². The maximum absolute atomic E-state index is 11.6. The van der Waals surface area contributed by atoms with Gasteiger partial charge in [-0.2, -0.15) is 4.98 Å². The molecular weight excluding hydrogens is 976 g/mol. The first kappa shape index (κ1) is 46.7. The summed E-state index contributed by atoms with van der Waals surface area (Å²) in [7, 11) is 0. The summed E-state index contributed by atoms with van der Waals surface area (Å²) >= 11 is 32.1. The largest absolute Gasteiger partial charge is 0.398 e. The summed E-state index contributed by atoms with van der Waals surface area (Å²) in [5.74, 6) is 0. The van der Waals surface area contributed by atoms with Gasteiger partial charge in [0, 0.05) is 70.8 Å². The lowest BCUT2D eigenvalue weighted by atomic mass is 10.1. The first-order chi connectivity index (χ1) is 31.8. The third-order valence-electron chi connectivity index (χ3n) is 10.6. The van der Waals surface area contributed by atoms with E-state index >= 15 is 0 Å². The molecule has 0 saturated heterocycles. The van der Waals surface area contributed by atoms with Crippen molar-refractivity contribution < 1.29 is 4.57 Å². The molecule has 0 aliphatic heterocycles. The molecule has 332 valence electrons. The van der Waals surface area contributed by atoms with Gasteiger partial charge in [0.15, 0.2) is 0 Å². The summed E-state index contributed by atoms with van der Waals surface area (Å²) in [6.07, 6.45) is 6.16. The van der Waals surface area contributed by atoms with Crippen molar-refractivity contribution in [1.82, 2.24) is 33.6 Å². The van der Waals surface area contributed by atoms with Crippen LogP contribution in [-0.2, 0) is 24.2 Å². The Morgan fingerprint density at radius 1 is 0.485 bits per heavy atom. The lowest BCUT2D eigenvalue weighted by molar-refractivity contribution is 0.600. The fourth-order valence-electron chi connectivity index (χ4n) is 7.65. The predicted octanol–water partition coefficient (Wildman–Crippen LogP) is 14.6. The number of halogens is 6. The fourth-order valence-corrected chi connectivity index (χ4v) is 8.33. The van der Waals surface area contributed by atoms with Crippen LogP contribution in [0.1, 0.15) is 16.7 Å². The van der Waals surface area contributed by atoms with Crippen LogP contribution in [0.4, 0.5) is 5.69 Å². The molecule has 11 aromatic rings. The van der Waals surface area contributed by atoms with Gasteiger partial charge in [-0.3, -0.25) is 9.55 Å². The molecule has 66 heavy (non-hydrogen) atoms. The number of benzene rings is 6. The molecule has 5 aromatic heterocycles. The zero-order valence-electron chi connectivity index (χ0n) is 34.6. The molecule has 11 rings (SSSR count). The minimum Gasteiger partial charge on any atom is -0.398 e. The van der Waals surface area contributed by atoms with Gasteiger partial charge in [-0.1, -0.05) is 120 Å². The molecule has 0 aliphatic carbocycles. The molecule has 3 N–H and O–H groups in total. The third-order valence-corrected chi connectivity index (χ3v) is 11.3. The Kier molecular flexibility index (Phi) is 14.7. The van der Waals surface area contributed by atoms with E-state index in [0.29, 0.717) is 15.8 Å². The average molecular weight is 1010 g/mol. The second-order valence-electron chi connectivity index (χ2n) is 14.9. The first-order valence-electron chi connectivity index (χ1n) is 20.2. The Hall–Kier alpha value is -5.81. The monoisotopic (exact) mass is 1010 g/mol. The van der Waals surface area contributed by atoms with Gasteiger partial charge in [0.25, 0.3) is 0 Å². The number of aromatic amines is 1. The van der Waals surface area contributed by atoms with Crippen LogP contribution in [0.15, 0.2) is 175 Å². The molecule has 5 heterocycles. The quantitative estimate of drug-likeness (QED) is 0.0739. The summed E-state index contributed by atoms with van der Waals surface area (Å²) in [5, 5.41) is 2.31. The van der Waals surface area contributed by atoms with Gasteiger partial charge in [0.1, 0.15) is 10.3 Å².